The van der Waals surface area contributed by atoms with Crippen molar-refractivity contribution in [1.82, 2.24) is 0 Å². The summed E-state index contributed by atoms with van der Waals surface area (Å²) in [5, 5.41) is 3.02. The predicted molar refractivity (Wildman–Crippen MR) is 41.1 cm³/mol. The third kappa shape index (κ3) is 4.67. The molecule has 0 aromatic carbocycles. The number of esters is 1. The van der Waals surface area contributed by atoms with Crippen LogP contribution < -0.4 is 0 Å². The molecule has 0 saturated carbocycles. The molecule has 0 bridgehead atoms. The largest absolute Gasteiger partial charge is 0.464 e. The highest BCUT2D eigenvalue weighted by atomic mass is 32.2. The van der Waals surface area contributed by atoms with Crippen molar-refractivity contribution >= 4 is 21.8 Å². The zero-order valence-electron chi connectivity index (χ0n) is 6.90. The first-order chi connectivity index (χ1) is 5.37. The van der Waals surface area contributed by atoms with Gasteiger partial charge in [-0.2, -0.15) is 8.42 Å². The van der Waals surface area contributed by atoms with E-state index in [9.17, 15) is 13.2 Å². The van der Waals surface area contributed by atoms with Gasteiger partial charge in [0.1, 0.15) is 0 Å². The number of nitrogens with zero attached hydrogens (tertiary/aromatic N) is 1. The summed E-state index contributed by atoms with van der Waals surface area (Å²) in [7, 11) is -2.50. The van der Waals surface area contributed by atoms with Crippen LogP contribution in [0.25, 0.3) is 0 Å². The number of methoxy groups -OCH3 is 1. The standard InChI is InChI=1S/C5H9NO5S/c1-4(5(7)10-2)6-11-12(3,8)9/h1-3H3/b6-4-. The van der Waals surface area contributed by atoms with Crippen LogP contribution in [0.5, 0.6) is 0 Å². The SMILES string of the molecule is COC(=O)/C(C)=N\OS(C)(=O)=O. The molecule has 0 saturated heterocycles. The average molecular weight is 195 g/mol. The Morgan fingerprint density at radius 2 is 1.92 bits per heavy atom. The van der Waals surface area contributed by atoms with E-state index >= 15 is 0 Å². The number of hydrogen-bond donors (Lipinski definition) is 0. The maximum absolute atomic E-state index is 10.6. The first kappa shape index (κ1) is 10.9. The molecule has 0 spiro atoms. The topological polar surface area (TPSA) is 82.0 Å². The van der Waals surface area contributed by atoms with Gasteiger partial charge in [-0.1, -0.05) is 5.16 Å². The zero-order valence-corrected chi connectivity index (χ0v) is 7.71. The van der Waals surface area contributed by atoms with E-state index in [4.69, 9.17) is 0 Å². The lowest BCUT2D eigenvalue weighted by atomic mass is 10.4. The van der Waals surface area contributed by atoms with Gasteiger partial charge in [0.2, 0.25) is 0 Å². The van der Waals surface area contributed by atoms with Crippen LogP contribution in [0.2, 0.25) is 0 Å². The Hall–Kier alpha value is -1.11. The fourth-order valence-electron chi connectivity index (χ4n) is 0.309. The second kappa shape index (κ2) is 4.05. The Bertz CT molecular complexity index is 291. The van der Waals surface area contributed by atoms with Crippen LogP contribution in [0.1, 0.15) is 6.92 Å². The third-order valence-electron chi connectivity index (χ3n) is 0.790. The highest BCUT2D eigenvalue weighted by molar-refractivity contribution is 7.85. The molecule has 0 aliphatic heterocycles. The molecule has 0 rings (SSSR count). The lowest BCUT2D eigenvalue weighted by Gasteiger charge is -1.96. The Balaban J connectivity index is 4.30. The summed E-state index contributed by atoms with van der Waals surface area (Å²) in [6, 6.07) is 0. The summed E-state index contributed by atoms with van der Waals surface area (Å²) in [5.74, 6) is -0.737. The van der Waals surface area contributed by atoms with Gasteiger partial charge in [0.15, 0.2) is 5.71 Å². The van der Waals surface area contributed by atoms with E-state index in [0.717, 1.165) is 13.4 Å². The van der Waals surface area contributed by atoms with Crippen molar-refractivity contribution in [3.63, 3.8) is 0 Å². The first-order valence-electron chi connectivity index (χ1n) is 2.88. The number of carbonyl (C=O) groups is 1. The maximum Gasteiger partial charge on any atom is 0.355 e. The highest BCUT2D eigenvalue weighted by Gasteiger charge is 2.07. The second-order valence-electron chi connectivity index (χ2n) is 1.95. The minimum absolute atomic E-state index is 0.164. The Kier molecular flexibility index (Phi) is 3.68. The van der Waals surface area contributed by atoms with Gasteiger partial charge in [0.25, 0.3) is 0 Å². The molecule has 0 radical (unpaired) electrons. The van der Waals surface area contributed by atoms with Crippen molar-refractivity contribution in [2.24, 2.45) is 5.16 Å². The second-order valence-corrected chi connectivity index (χ2v) is 3.50. The molecular weight excluding hydrogens is 186 g/mol. The molecule has 0 aliphatic rings. The van der Waals surface area contributed by atoms with E-state index in [-0.39, 0.29) is 5.71 Å². The molecule has 70 valence electrons. The summed E-state index contributed by atoms with van der Waals surface area (Å²) in [5.41, 5.74) is -0.164. The van der Waals surface area contributed by atoms with Crippen LogP contribution in [0.4, 0.5) is 0 Å². The smallest absolute Gasteiger partial charge is 0.355 e. The number of rotatable bonds is 3. The van der Waals surface area contributed by atoms with E-state index in [1.165, 1.54) is 6.92 Å². The van der Waals surface area contributed by atoms with E-state index < -0.39 is 16.1 Å². The molecule has 0 heterocycles. The van der Waals surface area contributed by atoms with Crippen molar-refractivity contribution in [3.05, 3.63) is 0 Å². The molecule has 0 aromatic heterocycles. The molecular formula is C5H9NO5S. The summed E-state index contributed by atoms with van der Waals surface area (Å²) in [6.07, 6.45) is 0.820. The normalized spacial score (nSPS) is 12.4. The summed E-state index contributed by atoms with van der Waals surface area (Å²) >= 11 is 0. The molecule has 0 N–H and O–H groups in total. The molecule has 12 heavy (non-hydrogen) atoms. The lowest BCUT2D eigenvalue weighted by molar-refractivity contribution is -0.132. The van der Waals surface area contributed by atoms with Crippen LogP contribution in [0.3, 0.4) is 0 Å². The molecule has 0 fully saturated rings. The number of oxime groups is 1. The predicted octanol–water partition coefficient (Wildman–Crippen LogP) is -0.488. The van der Waals surface area contributed by atoms with E-state index in [1.807, 2.05) is 0 Å². The molecule has 0 aromatic rings. The molecule has 7 heteroatoms. The first-order valence-corrected chi connectivity index (χ1v) is 4.70. The van der Waals surface area contributed by atoms with Gasteiger partial charge in [-0.3, -0.25) is 4.28 Å². The van der Waals surface area contributed by atoms with Gasteiger partial charge in [0, 0.05) is 0 Å². The fraction of sp³-hybridized carbons (Fsp3) is 0.600. The highest BCUT2D eigenvalue weighted by Crippen LogP contribution is 1.90. The van der Waals surface area contributed by atoms with Crippen LogP contribution in [0.15, 0.2) is 5.16 Å². The molecule has 6 nitrogen and oxygen atoms in total. The number of hydrogen-bond acceptors (Lipinski definition) is 6. The lowest BCUT2D eigenvalue weighted by Crippen LogP contribution is -2.13. The van der Waals surface area contributed by atoms with Gasteiger partial charge in [-0.25, -0.2) is 4.79 Å². The van der Waals surface area contributed by atoms with Gasteiger partial charge >= 0.3 is 16.1 Å². The average Bonchev–Trinajstić information content (AvgIpc) is 1.97. The minimum Gasteiger partial charge on any atom is -0.464 e. The van der Waals surface area contributed by atoms with Gasteiger partial charge in [-0.15, -0.1) is 0 Å². The van der Waals surface area contributed by atoms with Gasteiger partial charge < -0.3 is 4.74 Å². The van der Waals surface area contributed by atoms with E-state index in [1.54, 1.807) is 0 Å². The van der Waals surface area contributed by atoms with Crippen LogP contribution in [-0.4, -0.2) is 33.5 Å². The molecule has 0 amide bonds. The van der Waals surface area contributed by atoms with Crippen molar-refractivity contribution in [2.45, 2.75) is 6.92 Å². The maximum atomic E-state index is 10.6. The van der Waals surface area contributed by atoms with E-state index in [0.29, 0.717) is 0 Å². The summed E-state index contributed by atoms with van der Waals surface area (Å²) in [4.78, 5) is 10.6. The molecule has 0 aliphatic carbocycles. The van der Waals surface area contributed by atoms with Gasteiger partial charge in [0.05, 0.1) is 13.4 Å². The summed E-state index contributed by atoms with van der Waals surface area (Å²) in [6.45, 7) is 1.27. The Morgan fingerprint density at radius 3 is 2.25 bits per heavy atom. The van der Waals surface area contributed by atoms with Crippen LogP contribution in [0, 0.1) is 0 Å². The van der Waals surface area contributed by atoms with E-state index in [2.05, 4.69) is 14.2 Å². The molecule has 0 unspecified atom stereocenters. The third-order valence-corrected chi connectivity index (χ3v) is 1.14. The quantitative estimate of drug-likeness (QED) is 0.345. The fourth-order valence-corrected chi connectivity index (χ4v) is 0.556. The minimum atomic E-state index is -3.66. The Morgan fingerprint density at radius 1 is 1.42 bits per heavy atom. The zero-order chi connectivity index (χ0) is 9.78. The van der Waals surface area contributed by atoms with Crippen molar-refractivity contribution in [1.29, 1.82) is 0 Å². The Labute approximate surface area is 70.3 Å². The van der Waals surface area contributed by atoms with Gasteiger partial charge in [-0.05, 0) is 6.92 Å². The van der Waals surface area contributed by atoms with Crippen molar-refractivity contribution in [3.8, 4) is 0 Å². The van der Waals surface area contributed by atoms with Crippen LogP contribution in [-0.2, 0) is 23.9 Å². The monoisotopic (exact) mass is 195 g/mol. The summed E-state index contributed by atoms with van der Waals surface area (Å²) < 4.78 is 28.9. The number of carbonyl (C=O) groups excluding carboxylic acids is 1. The van der Waals surface area contributed by atoms with Crippen LogP contribution >= 0.6 is 0 Å². The van der Waals surface area contributed by atoms with Crippen molar-refractivity contribution < 1.29 is 22.2 Å². The molecule has 0 atom stereocenters. The van der Waals surface area contributed by atoms with Crippen molar-refractivity contribution in [2.75, 3.05) is 13.4 Å². The number of ether oxygens (including phenoxy) is 1.